The lowest BCUT2D eigenvalue weighted by molar-refractivity contribution is 0.222. The second-order valence-electron chi connectivity index (χ2n) is 4.84. The van der Waals surface area contributed by atoms with E-state index in [1.807, 2.05) is 0 Å². The standard InChI is InChI=1S/C14H21F2NO2/c1-10(2)8-17-9-11-6-12(15)14(13(16)7-11)19-5-3-4-18/h6-7,10,17-18H,3-5,8-9H2,1-2H3. The maximum Gasteiger partial charge on any atom is 0.190 e. The Hall–Kier alpha value is -1.20. The highest BCUT2D eigenvalue weighted by Gasteiger charge is 2.12. The number of hydrogen-bond donors (Lipinski definition) is 2. The summed E-state index contributed by atoms with van der Waals surface area (Å²) in [6, 6.07) is 2.54. The van der Waals surface area contributed by atoms with Gasteiger partial charge in [-0.3, -0.25) is 0 Å². The van der Waals surface area contributed by atoms with Gasteiger partial charge in [0, 0.05) is 19.6 Å². The van der Waals surface area contributed by atoms with E-state index in [1.54, 1.807) is 0 Å². The van der Waals surface area contributed by atoms with Crippen LogP contribution < -0.4 is 10.1 Å². The molecule has 0 fully saturated rings. The van der Waals surface area contributed by atoms with Crippen molar-refractivity contribution in [2.24, 2.45) is 5.92 Å². The van der Waals surface area contributed by atoms with Gasteiger partial charge in [0.2, 0.25) is 0 Å². The molecule has 0 amide bonds. The van der Waals surface area contributed by atoms with Crippen molar-refractivity contribution in [3.8, 4) is 5.75 Å². The smallest absolute Gasteiger partial charge is 0.190 e. The van der Waals surface area contributed by atoms with E-state index in [0.29, 0.717) is 24.4 Å². The third-order valence-corrected chi connectivity index (χ3v) is 2.49. The molecule has 3 nitrogen and oxygen atoms in total. The van der Waals surface area contributed by atoms with E-state index in [2.05, 4.69) is 19.2 Å². The van der Waals surface area contributed by atoms with Crippen LogP contribution in [-0.2, 0) is 6.54 Å². The number of ether oxygens (including phenoxy) is 1. The minimum Gasteiger partial charge on any atom is -0.488 e. The molecule has 0 radical (unpaired) electrons. The highest BCUT2D eigenvalue weighted by molar-refractivity contribution is 5.31. The quantitative estimate of drug-likeness (QED) is 0.715. The number of halogens is 2. The SMILES string of the molecule is CC(C)CNCc1cc(F)c(OCCCO)c(F)c1. The van der Waals surface area contributed by atoms with Crippen LogP contribution in [0.2, 0.25) is 0 Å². The van der Waals surface area contributed by atoms with Gasteiger partial charge in [0.15, 0.2) is 17.4 Å². The molecule has 108 valence electrons. The number of aliphatic hydroxyl groups is 1. The molecule has 0 heterocycles. The lowest BCUT2D eigenvalue weighted by Crippen LogP contribution is -2.19. The summed E-state index contributed by atoms with van der Waals surface area (Å²) in [5.41, 5.74) is 0.546. The Labute approximate surface area is 112 Å². The van der Waals surface area contributed by atoms with E-state index < -0.39 is 11.6 Å². The topological polar surface area (TPSA) is 41.5 Å². The molecule has 1 aromatic carbocycles. The first-order chi connectivity index (χ1) is 9.04. The van der Waals surface area contributed by atoms with E-state index in [9.17, 15) is 8.78 Å². The molecule has 0 bridgehead atoms. The maximum absolute atomic E-state index is 13.7. The molecule has 0 aliphatic carbocycles. The van der Waals surface area contributed by atoms with Gasteiger partial charge >= 0.3 is 0 Å². The zero-order valence-corrected chi connectivity index (χ0v) is 11.4. The van der Waals surface area contributed by atoms with Crippen molar-refractivity contribution in [3.63, 3.8) is 0 Å². The molecular formula is C14H21F2NO2. The van der Waals surface area contributed by atoms with Gasteiger partial charge in [0.05, 0.1) is 6.61 Å². The molecule has 0 aliphatic heterocycles. The predicted molar refractivity (Wildman–Crippen MR) is 70.1 cm³/mol. The summed E-state index contributed by atoms with van der Waals surface area (Å²) in [6.07, 6.45) is 0.344. The molecule has 2 N–H and O–H groups in total. The van der Waals surface area contributed by atoms with Gasteiger partial charge in [-0.05, 0) is 30.2 Å². The number of nitrogens with one attached hydrogen (secondary N) is 1. The number of benzene rings is 1. The Kier molecular flexibility index (Phi) is 6.73. The van der Waals surface area contributed by atoms with Crippen molar-refractivity contribution in [2.75, 3.05) is 19.8 Å². The van der Waals surface area contributed by atoms with Crippen molar-refractivity contribution in [1.29, 1.82) is 0 Å². The fourth-order valence-electron chi connectivity index (χ4n) is 1.60. The fourth-order valence-corrected chi connectivity index (χ4v) is 1.60. The third-order valence-electron chi connectivity index (χ3n) is 2.49. The van der Waals surface area contributed by atoms with Gasteiger partial charge in [0.25, 0.3) is 0 Å². The van der Waals surface area contributed by atoms with E-state index in [0.717, 1.165) is 6.54 Å². The number of rotatable bonds is 8. The van der Waals surface area contributed by atoms with E-state index >= 15 is 0 Å². The molecule has 0 aromatic heterocycles. The summed E-state index contributed by atoms with van der Waals surface area (Å²) in [5, 5.41) is 11.7. The first-order valence-electron chi connectivity index (χ1n) is 6.47. The van der Waals surface area contributed by atoms with Crippen LogP contribution in [0.15, 0.2) is 12.1 Å². The van der Waals surface area contributed by atoms with Gasteiger partial charge in [-0.25, -0.2) is 8.78 Å². The molecule has 1 rings (SSSR count). The average molecular weight is 273 g/mol. The molecule has 0 saturated carbocycles. The lowest BCUT2D eigenvalue weighted by atomic mass is 10.1. The molecular weight excluding hydrogens is 252 g/mol. The summed E-state index contributed by atoms with van der Waals surface area (Å²) >= 11 is 0. The Morgan fingerprint density at radius 2 is 1.89 bits per heavy atom. The first kappa shape index (κ1) is 15.9. The molecule has 0 aliphatic rings. The second-order valence-corrected chi connectivity index (χ2v) is 4.84. The summed E-state index contributed by atoms with van der Waals surface area (Å²) in [7, 11) is 0. The Bertz CT molecular complexity index is 374. The Morgan fingerprint density at radius 1 is 1.26 bits per heavy atom. The highest BCUT2D eigenvalue weighted by Crippen LogP contribution is 2.23. The number of hydrogen-bond acceptors (Lipinski definition) is 3. The lowest BCUT2D eigenvalue weighted by Gasteiger charge is -2.11. The minimum absolute atomic E-state index is 0.0690. The largest absolute Gasteiger partial charge is 0.488 e. The van der Waals surface area contributed by atoms with Gasteiger partial charge in [-0.1, -0.05) is 13.8 Å². The fraction of sp³-hybridized carbons (Fsp3) is 0.571. The maximum atomic E-state index is 13.7. The zero-order chi connectivity index (χ0) is 14.3. The van der Waals surface area contributed by atoms with Crippen LogP contribution in [-0.4, -0.2) is 24.9 Å². The summed E-state index contributed by atoms with van der Waals surface area (Å²) in [4.78, 5) is 0. The molecule has 0 saturated heterocycles. The third kappa shape index (κ3) is 5.53. The van der Waals surface area contributed by atoms with Gasteiger partial charge in [-0.15, -0.1) is 0 Å². The molecule has 0 atom stereocenters. The van der Waals surface area contributed by atoms with Crippen LogP contribution in [0, 0.1) is 17.6 Å². The van der Waals surface area contributed by atoms with E-state index in [-0.39, 0.29) is 19.0 Å². The molecule has 0 unspecified atom stereocenters. The van der Waals surface area contributed by atoms with Gasteiger partial charge in [0.1, 0.15) is 0 Å². The Balaban J connectivity index is 2.62. The van der Waals surface area contributed by atoms with Crippen molar-refractivity contribution in [1.82, 2.24) is 5.32 Å². The highest BCUT2D eigenvalue weighted by atomic mass is 19.1. The van der Waals surface area contributed by atoms with Crippen LogP contribution >= 0.6 is 0 Å². The number of aliphatic hydroxyl groups excluding tert-OH is 1. The van der Waals surface area contributed by atoms with Crippen LogP contribution in [0.3, 0.4) is 0 Å². The monoisotopic (exact) mass is 273 g/mol. The average Bonchev–Trinajstić information content (AvgIpc) is 2.32. The first-order valence-corrected chi connectivity index (χ1v) is 6.47. The van der Waals surface area contributed by atoms with Crippen LogP contribution in [0.5, 0.6) is 5.75 Å². The molecule has 5 heteroatoms. The predicted octanol–water partition coefficient (Wildman–Crippen LogP) is 2.47. The van der Waals surface area contributed by atoms with Crippen molar-refractivity contribution < 1.29 is 18.6 Å². The van der Waals surface area contributed by atoms with Crippen LogP contribution in [0.1, 0.15) is 25.8 Å². The van der Waals surface area contributed by atoms with Crippen molar-refractivity contribution >= 4 is 0 Å². The summed E-state index contributed by atoms with van der Waals surface area (Å²) in [5.74, 6) is -1.31. The zero-order valence-electron chi connectivity index (χ0n) is 11.4. The van der Waals surface area contributed by atoms with E-state index in [4.69, 9.17) is 9.84 Å². The summed E-state index contributed by atoms with van der Waals surface area (Å²) < 4.78 is 32.3. The second kappa shape index (κ2) is 8.07. The normalized spacial score (nSPS) is 11.1. The van der Waals surface area contributed by atoms with Crippen LogP contribution in [0.4, 0.5) is 8.78 Å². The molecule has 19 heavy (non-hydrogen) atoms. The van der Waals surface area contributed by atoms with Crippen molar-refractivity contribution in [3.05, 3.63) is 29.3 Å². The summed E-state index contributed by atoms with van der Waals surface area (Å²) in [6.45, 7) is 5.36. The van der Waals surface area contributed by atoms with Crippen LogP contribution in [0.25, 0.3) is 0 Å². The molecule has 0 spiro atoms. The Morgan fingerprint density at radius 3 is 2.42 bits per heavy atom. The van der Waals surface area contributed by atoms with Crippen molar-refractivity contribution in [2.45, 2.75) is 26.8 Å². The van der Waals surface area contributed by atoms with E-state index in [1.165, 1.54) is 12.1 Å². The molecule has 1 aromatic rings. The van der Waals surface area contributed by atoms with Gasteiger partial charge < -0.3 is 15.2 Å². The minimum atomic E-state index is -0.709. The van der Waals surface area contributed by atoms with Gasteiger partial charge in [-0.2, -0.15) is 0 Å².